The average Bonchev–Trinajstić information content (AvgIpc) is 2.72. The Bertz CT molecular complexity index is 776. The molecule has 0 heterocycles. The number of aliphatic carboxylic acids is 1. The maximum atomic E-state index is 12.7. The van der Waals surface area contributed by atoms with Gasteiger partial charge in [0.05, 0.1) is 6.61 Å². The molecule has 0 radical (unpaired) electrons. The first kappa shape index (κ1) is 22.4. The minimum atomic E-state index is -0.992. The van der Waals surface area contributed by atoms with E-state index >= 15 is 0 Å². The molecule has 0 aliphatic rings. The van der Waals surface area contributed by atoms with E-state index in [1.165, 1.54) is 12.1 Å². The number of carbonyl (C=O) groups excluding carboxylic acids is 1. The molecule has 0 aliphatic heterocycles. The van der Waals surface area contributed by atoms with Gasteiger partial charge < -0.3 is 14.9 Å². The van der Waals surface area contributed by atoms with Gasteiger partial charge in [-0.1, -0.05) is 49.4 Å². The largest absolute Gasteiger partial charge is 0.508 e. The van der Waals surface area contributed by atoms with Crippen LogP contribution in [0.5, 0.6) is 5.75 Å². The van der Waals surface area contributed by atoms with Gasteiger partial charge in [-0.3, -0.25) is 14.5 Å². The van der Waals surface area contributed by atoms with Gasteiger partial charge in [0.15, 0.2) is 0 Å². The zero-order valence-corrected chi connectivity index (χ0v) is 17.0. The van der Waals surface area contributed by atoms with Gasteiger partial charge in [-0.15, -0.1) is 0 Å². The lowest BCUT2D eigenvalue weighted by molar-refractivity contribution is -0.154. The normalized spacial score (nSPS) is 13.1. The Kier molecular flexibility index (Phi) is 8.68. The summed E-state index contributed by atoms with van der Waals surface area (Å²) in [5.74, 6) is -1.27. The molecule has 2 N–H and O–H groups in total. The van der Waals surface area contributed by atoms with Gasteiger partial charge in [0.25, 0.3) is 0 Å². The minimum Gasteiger partial charge on any atom is -0.508 e. The Labute approximate surface area is 171 Å². The third kappa shape index (κ3) is 6.61. The third-order valence-electron chi connectivity index (χ3n) is 4.92. The predicted octanol–water partition coefficient (Wildman–Crippen LogP) is 3.27. The van der Waals surface area contributed by atoms with Gasteiger partial charge >= 0.3 is 11.9 Å². The molecule has 0 aliphatic carbocycles. The first-order chi connectivity index (χ1) is 14.0. The molecule has 0 saturated carbocycles. The van der Waals surface area contributed by atoms with Crippen LogP contribution in [0.15, 0.2) is 54.6 Å². The van der Waals surface area contributed by atoms with Crippen LogP contribution in [0.3, 0.4) is 0 Å². The molecular formula is C23H29NO5. The van der Waals surface area contributed by atoms with Crippen LogP contribution in [-0.2, 0) is 27.2 Å². The molecule has 2 aromatic carbocycles. The summed E-state index contributed by atoms with van der Waals surface area (Å²) in [7, 11) is 0. The fourth-order valence-electron chi connectivity index (χ4n) is 3.47. The Hall–Kier alpha value is -2.86. The lowest BCUT2D eigenvalue weighted by atomic mass is 9.99. The maximum Gasteiger partial charge on any atom is 0.323 e. The topological polar surface area (TPSA) is 87.1 Å². The highest BCUT2D eigenvalue weighted by atomic mass is 16.5. The van der Waals surface area contributed by atoms with Crippen LogP contribution in [0.2, 0.25) is 0 Å². The molecule has 6 nitrogen and oxygen atoms in total. The van der Waals surface area contributed by atoms with E-state index in [9.17, 15) is 19.8 Å². The lowest BCUT2D eigenvalue weighted by Gasteiger charge is -2.34. The van der Waals surface area contributed by atoms with Gasteiger partial charge in [0.1, 0.15) is 17.8 Å². The Morgan fingerprint density at radius 1 is 0.966 bits per heavy atom. The number of benzene rings is 2. The van der Waals surface area contributed by atoms with Gasteiger partial charge in [-0.25, -0.2) is 0 Å². The Morgan fingerprint density at radius 3 is 2.17 bits per heavy atom. The summed E-state index contributed by atoms with van der Waals surface area (Å²) in [6, 6.07) is 14.7. The number of esters is 1. The molecule has 6 heteroatoms. The maximum absolute atomic E-state index is 12.7. The van der Waals surface area contributed by atoms with Crippen LogP contribution in [0.4, 0.5) is 0 Å². The number of ether oxygens (including phenoxy) is 1. The fourth-order valence-corrected chi connectivity index (χ4v) is 3.47. The highest BCUT2D eigenvalue weighted by Gasteiger charge is 2.35. The smallest absolute Gasteiger partial charge is 0.323 e. The molecule has 2 aromatic rings. The lowest BCUT2D eigenvalue weighted by Crippen LogP contribution is -2.52. The summed E-state index contributed by atoms with van der Waals surface area (Å²) in [6.45, 7) is 4.23. The second-order valence-corrected chi connectivity index (χ2v) is 6.85. The van der Waals surface area contributed by atoms with Crippen molar-refractivity contribution in [1.82, 2.24) is 4.90 Å². The number of carbonyl (C=O) groups is 2. The number of carboxylic acid groups (broad SMARTS) is 1. The van der Waals surface area contributed by atoms with E-state index in [1.54, 1.807) is 24.0 Å². The number of nitrogens with zero attached hydrogens (tertiary/aromatic N) is 1. The van der Waals surface area contributed by atoms with E-state index in [4.69, 9.17) is 4.74 Å². The van der Waals surface area contributed by atoms with Crippen molar-refractivity contribution in [3.63, 3.8) is 0 Å². The molecule has 0 saturated heterocycles. The van der Waals surface area contributed by atoms with Crippen molar-refractivity contribution in [2.24, 2.45) is 0 Å². The van der Waals surface area contributed by atoms with Crippen LogP contribution < -0.4 is 0 Å². The summed E-state index contributed by atoms with van der Waals surface area (Å²) in [5.41, 5.74) is 1.86. The van der Waals surface area contributed by atoms with Crippen LogP contribution in [0.1, 0.15) is 31.4 Å². The first-order valence-corrected chi connectivity index (χ1v) is 9.93. The molecule has 156 valence electrons. The van der Waals surface area contributed by atoms with Crippen molar-refractivity contribution in [2.45, 2.75) is 45.2 Å². The van der Waals surface area contributed by atoms with Crippen molar-refractivity contribution >= 4 is 11.9 Å². The zero-order valence-electron chi connectivity index (χ0n) is 17.0. The molecule has 0 unspecified atom stereocenters. The van der Waals surface area contributed by atoms with E-state index in [0.717, 1.165) is 11.1 Å². The third-order valence-corrected chi connectivity index (χ3v) is 4.92. The van der Waals surface area contributed by atoms with Crippen molar-refractivity contribution < 1.29 is 24.5 Å². The number of phenolic OH excluding ortho intramolecular Hbond substituents is 1. The molecule has 0 fully saturated rings. The van der Waals surface area contributed by atoms with Crippen molar-refractivity contribution in [3.05, 3.63) is 65.7 Å². The summed E-state index contributed by atoms with van der Waals surface area (Å²) in [4.78, 5) is 26.5. The quantitative estimate of drug-likeness (QED) is 0.564. The van der Waals surface area contributed by atoms with Gasteiger partial charge in [-0.05, 0) is 56.0 Å². The predicted molar refractivity (Wildman–Crippen MR) is 111 cm³/mol. The second-order valence-electron chi connectivity index (χ2n) is 6.85. The standard InChI is InChI=1S/C23H29NO5/c1-3-24(21(22(26)27)16-18-10-13-19(25)14-11-18)20(23(28)29-4-2)15-12-17-8-6-5-7-9-17/h5-11,13-14,20-21,25H,3-4,12,15-16H2,1-2H3,(H,26,27)/t20-,21+/m1/s1. The zero-order chi connectivity index (χ0) is 21.2. The summed E-state index contributed by atoms with van der Waals surface area (Å²) >= 11 is 0. The number of carboxylic acids is 1. The van der Waals surface area contributed by atoms with Crippen LogP contribution in [-0.4, -0.2) is 52.3 Å². The Morgan fingerprint density at radius 2 is 1.62 bits per heavy atom. The minimum absolute atomic E-state index is 0.125. The number of hydrogen-bond acceptors (Lipinski definition) is 5. The highest BCUT2D eigenvalue weighted by Crippen LogP contribution is 2.19. The summed E-state index contributed by atoms with van der Waals surface area (Å²) < 4.78 is 5.26. The number of phenols is 1. The molecular weight excluding hydrogens is 370 g/mol. The van der Waals surface area contributed by atoms with Crippen molar-refractivity contribution in [3.8, 4) is 5.75 Å². The number of aryl methyl sites for hydroxylation is 1. The van der Waals surface area contributed by atoms with Crippen LogP contribution in [0.25, 0.3) is 0 Å². The average molecular weight is 399 g/mol. The Balaban J connectivity index is 2.25. The fraction of sp³-hybridized carbons (Fsp3) is 0.391. The summed E-state index contributed by atoms with van der Waals surface area (Å²) in [6.07, 6.45) is 1.34. The van der Waals surface area contributed by atoms with E-state index in [2.05, 4.69) is 0 Å². The van der Waals surface area contributed by atoms with Gasteiger partial charge in [0, 0.05) is 0 Å². The van der Waals surface area contributed by atoms with Crippen LogP contribution >= 0.6 is 0 Å². The molecule has 0 spiro atoms. The number of likely N-dealkylation sites (N-methyl/N-ethyl adjacent to an activating group) is 1. The summed E-state index contributed by atoms with van der Waals surface area (Å²) in [5, 5.41) is 19.4. The molecule has 0 bridgehead atoms. The molecule has 0 amide bonds. The monoisotopic (exact) mass is 399 g/mol. The SMILES string of the molecule is CCOC(=O)[C@@H](CCc1ccccc1)N(CC)[C@@H](Cc1ccc(O)cc1)C(=O)O. The van der Waals surface area contributed by atoms with E-state index in [-0.39, 0.29) is 18.8 Å². The van der Waals surface area contributed by atoms with Gasteiger partial charge in [-0.2, -0.15) is 0 Å². The number of rotatable bonds is 11. The molecule has 2 atom stereocenters. The van der Waals surface area contributed by atoms with Gasteiger partial charge in [0.2, 0.25) is 0 Å². The van der Waals surface area contributed by atoms with E-state index in [0.29, 0.717) is 19.4 Å². The van der Waals surface area contributed by atoms with Crippen molar-refractivity contribution in [2.75, 3.05) is 13.2 Å². The molecule has 0 aromatic heterocycles. The van der Waals surface area contributed by atoms with E-state index < -0.39 is 24.0 Å². The molecule has 2 rings (SSSR count). The van der Waals surface area contributed by atoms with Crippen molar-refractivity contribution in [1.29, 1.82) is 0 Å². The number of hydrogen-bond donors (Lipinski definition) is 2. The highest BCUT2D eigenvalue weighted by molar-refractivity contribution is 5.79. The second kappa shape index (κ2) is 11.2. The molecule has 29 heavy (non-hydrogen) atoms. The van der Waals surface area contributed by atoms with Crippen LogP contribution in [0, 0.1) is 0 Å². The number of aromatic hydroxyl groups is 1. The van der Waals surface area contributed by atoms with E-state index in [1.807, 2.05) is 37.3 Å². The first-order valence-electron chi connectivity index (χ1n) is 9.93.